The van der Waals surface area contributed by atoms with Crippen LogP contribution < -0.4 is 5.32 Å². The summed E-state index contributed by atoms with van der Waals surface area (Å²) in [5.41, 5.74) is 2.28. The van der Waals surface area contributed by atoms with E-state index in [0.717, 1.165) is 12.1 Å². The van der Waals surface area contributed by atoms with Crippen LogP contribution >= 0.6 is 11.5 Å². The molecule has 5 heteroatoms. The molecule has 0 radical (unpaired) electrons. The molecule has 16 heavy (non-hydrogen) atoms. The van der Waals surface area contributed by atoms with Crippen LogP contribution in [0.5, 0.6) is 0 Å². The van der Waals surface area contributed by atoms with E-state index in [0.29, 0.717) is 0 Å². The van der Waals surface area contributed by atoms with Crippen molar-refractivity contribution in [2.24, 2.45) is 0 Å². The van der Waals surface area contributed by atoms with Gasteiger partial charge in [0.05, 0.1) is 10.6 Å². The normalized spacial score (nSPS) is 12.6. The van der Waals surface area contributed by atoms with Gasteiger partial charge in [-0.3, -0.25) is 4.98 Å². The highest BCUT2D eigenvalue weighted by atomic mass is 32.1. The number of nitrogens with zero attached hydrogens (tertiary/aromatic N) is 3. The first-order chi connectivity index (χ1) is 7.81. The summed E-state index contributed by atoms with van der Waals surface area (Å²) in [7, 11) is 1.96. The molecular formula is C11H14N4S. The molecule has 2 aromatic rings. The van der Waals surface area contributed by atoms with Gasteiger partial charge in [-0.2, -0.15) is 0 Å². The van der Waals surface area contributed by atoms with Crippen LogP contribution in [0.25, 0.3) is 0 Å². The molecule has 2 heterocycles. The molecule has 2 aromatic heterocycles. The van der Waals surface area contributed by atoms with Crippen molar-refractivity contribution in [3.05, 3.63) is 40.7 Å². The molecule has 84 valence electrons. The van der Waals surface area contributed by atoms with Gasteiger partial charge in [0.1, 0.15) is 0 Å². The zero-order chi connectivity index (χ0) is 11.4. The minimum atomic E-state index is 0.280. The number of hydrogen-bond donors (Lipinski definition) is 1. The summed E-state index contributed by atoms with van der Waals surface area (Å²) in [6.07, 6.45) is 4.57. The molecule has 0 saturated heterocycles. The van der Waals surface area contributed by atoms with Crippen molar-refractivity contribution in [1.82, 2.24) is 19.9 Å². The van der Waals surface area contributed by atoms with Crippen LogP contribution in [0.1, 0.15) is 22.2 Å². The predicted molar refractivity (Wildman–Crippen MR) is 64.4 cm³/mol. The number of pyridine rings is 1. The molecule has 0 aliphatic carbocycles. The second kappa shape index (κ2) is 5.14. The third kappa shape index (κ3) is 2.43. The van der Waals surface area contributed by atoms with Crippen molar-refractivity contribution >= 4 is 11.5 Å². The summed E-state index contributed by atoms with van der Waals surface area (Å²) in [4.78, 5) is 5.22. The van der Waals surface area contributed by atoms with E-state index >= 15 is 0 Å². The number of aromatic nitrogens is 3. The molecular weight excluding hydrogens is 220 g/mol. The molecule has 0 aromatic carbocycles. The molecule has 2 rings (SSSR count). The van der Waals surface area contributed by atoms with E-state index in [-0.39, 0.29) is 6.04 Å². The molecule has 0 saturated carbocycles. The first-order valence-corrected chi connectivity index (χ1v) is 5.93. The Kier molecular flexibility index (Phi) is 3.58. The fraction of sp³-hybridized carbons (Fsp3) is 0.364. The van der Waals surface area contributed by atoms with Gasteiger partial charge in [0.15, 0.2) is 0 Å². The Bertz CT molecular complexity index is 440. The van der Waals surface area contributed by atoms with Crippen LogP contribution in [-0.4, -0.2) is 21.6 Å². The van der Waals surface area contributed by atoms with Gasteiger partial charge in [-0.15, -0.1) is 5.10 Å². The third-order valence-corrected chi connectivity index (χ3v) is 3.48. The van der Waals surface area contributed by atoms with Crippen molar-refractivity contribution in [2.75, 3.05) is 7.05 Å². The number of nitrogens with one attached hydrogen (secondary N) is 1. The van der Waals surface area contributed by atoms with Crippen LogP contribution in [0.15, 0.2) is 24.5 Å². The summed E-state index contributed by atoms with van der Waals surface area (Å²) >= 11 is 1.46. The zero-order valence-corrected chi connectivity index (χ0v) is 10.2. The lowest BCUT2D eigenvalue weighted by Crippen LogP contribution is -2.18. The van der Waals surface area contributed by atoms with Crippen molar-refractivity contribution in [1.29, 1.82) is 0 Å². The fourth-order valence-corrected chi connectivity index (χ4v) is 2.39. The van der Waals surface area contributed by atoms with Crippen LogP contribution in [0.4, 0.5) is 0 Å². The summed E-state index contributed by atoms with van der Waals surface area (Å²) in [6.45, 7) is 2.00. The minimum Gasteiger partial charge on any atom is -0.312 e. The Morgan fingerprint density at radius 2 is 2.12 bits per heavy atom. The molecule has 1 unspecified atom stereocenters. The summed E-state index contributed by atoms with van der Waals surface area (Å²) in [5.74, 6) is 0. The van der Waals surface area contributed by atoms with Crippen LogP contribution in [0.3, 0.4) is 0 Å². The van der Waals surface area contributed by atoms with E-state index in [9.17, 15) is 0 Å². The number of hydrogen-bond acceptors (Lipinski definition) is 5. The molecule has 0 amide bonds. The average molecular weight is 234 g/mol. The van der Waals surface area contributed by atoms with Gasteiger partial charge in [-0.25, -0.2) is 0 Å². The van der Waals surface area contributed by atoms with Crippen LogP contribution in [0, 0.1) is 6.92 Å². The number of aryl methyl sites for hydroxylation is 1. The average Bonchev–Trinajstić information content (AvgIpc) is 2.74. The highest BCUT2D eigenvalue weighted by Crippen LogP contribution is 2.22. The second-order valence-electron chi connectivity index (χ2n) is 3.62. The topological polar surface area (TPSA) is 50.7 Å². The maximum absolute atomic E-state index is 4.04. The smallest absolute Gasteiger partial charge is 0.0772 e. The van der Waals surface area contributed by atoms with Gasteiger partial charge in [0.25, 0.3) is 0 Å². The Morgan fingerprint density at radius 3 is 2.69 bits per heavy atom. The Balaban J connectivity index is 2.16. The van der Waals surface area contributed by atoms with Gasteiger partial charge in [-0.05, 0) is 49.6 Å². The highest BCUT2D eigenvalue weighted by Gasteiger charge is 2.15. The lowest BCUT2D eigenvalue weighted by Gasteiger charge is -2.14. The lowest BCUT2D eigenvalue weighted by molar-refractivity contribution is 0.597. The standard InChI is InChI=1S/C11H14N4S/c1-8-11(16-15-14-8)10(12-2)7-9-3-5-13-6-4-9/h3-6,10,12H,7H2,1-2H3. The first-order valence-electron chi connectivity index (χ1n) is 5.16. The molecule has 1 N–H and O–H groups in total. The lowest BCUT2D eigenvalue weighted by atomic mass is 10.1. The van der Waals surface area contributed by atoms with Crippen molar-refractivity contribution < 1.29 is 0 Å². The van der Waals surface area contributed by atoms with E-state index in [2.05, 4.69) is 19.9 Å². The van der Waals surface area contributed by atoms with E-state index < -0.39 is 0 Å². The minimum absolute atomic E-state index is 0.280. The molecule has 4 nitrogen and oxygen atoms in total. The van der Waals surface area contributed by atoms with Crippen molar-refractivity contribution in [3.63, 3.8) is 0 Å². The maximum Gasteiger partial charge on any atom is 0.0772 e. The Labute approximate surface area is 98.9 Å². The van der Waals surface area contributed by atoms with E-state index in [1.54, 1.807) is 0 Å². The highest BCUT2D eigenvalue weighted by molar-refractivity contribution is 7.05. The predicted octanol–water partition coefficient (Wildman–Crippen LogP) is 1.74. The molecule has 0 fully saturated rings. The van der Waals surface area contributed by atoms with Crippen molar-refractivity contribution in [2.45, 2.75) is 19.4 Å². The SMILES string of the molecule is CNC(Cc1ccncc1)c1snnc1C. The van der Waals surface area contributed by atoms with Crippen molar-refractivity contribution in [3.8, 4) is 0 Å². The fourth-order valence-electron chi connectivity index (χ4n) is 1.64. The van der Waals surface area contributed by atoms with E-state index in [1.807, 2.05) is 38.5 Å². The largest absolute Gasteiger partial charge is 0.312 e. The monoisotopic (exact) mass is 234 g/mol. The third-order valence-electron chi connectivity index (χ3n) is 2.54. The first kappa shape index (κ1) is 11.2. The molecule has 1 atom stereocenters. The van der Waals surface area contributed by atoms with E-state index in [4.69, 9.17) is 0 Å². The quantitative estimate of drug-likeness (QED) is 0.875. The molecule has 0 aliphatic heterocycles. The van der Waals surface area contributed by atoms with Gasteiger partial charge < -0.3 is 5.32 Å². The number of rotatable bonds is 4. The summed E-state index contributed by atoms with van der Waals surface area (Å²) in [6, 6.07) is 4.35. The van der Waals surface area contributed by atoms with Gasteiger partial charge in [-0.1, -0.05) is 4.49 Å². The summed E-state index contributed by atoms with van der Waals surface area (Å²) in [5, 5.41) is 7.35. The van der Waals surface area contributed by atoms with Crippen LogP contribution in [0.2, 0.25) is 0 Å². The van der Waals surface area contributed by atoms with Gasteiger partial charge in [0.2, 0.25) is 0 Å². The van der Waals surface area contributed by atoms with Crippen LogP contribution in [-0.2, 0) is 6.42 Å². The summed E-state index contributed by atoms with van der Waals surface area (Å²) < 4.78 is 3.97. The van der Waals surface area contributed by atoms with Gasteiger partial charge >= 0.3 is 0 Å². The maximum atomic E-state index is 4.04. The van der Waals surface area contributed by atoms with Gasteiger partial charge in [0, 0.05) is 18.4 Å². The zero-order valence-electron chi connectivity index (χ0n) is 9.34. The number of likely N-dealkylation sites (N-methyl/N-ethyl adjacent to an activating group) is 1. The Hall–Kier alpha value is -1.33. The molecule has 0 spiro atoms. The second-order valence-corrected chi connectivity index (χ2v) is 4.41. The Morgan fingerprint density at radius 1 is 1.38 bits per heavy atom. The molecule has 0 bridgehead atoms. The van der Waals surface area contributed by atoms with E-state index in [1.165, 1.54) is 22.0 Å². The molecule has 0 aliphatic rings.